The molecular formula is C24H28FN3O3. The maximum Gasteiger partial charge on any atom is 0.268 e. The number of halogens is 1. The van der Waals surface area contributed by atoms with Crippen molar-refractivity contribution in [3.63, 3.8) is 0 Å². The molecule has 6 nitrogen and oxygen atoms in total. The van der Waals surface area contributed by atoms with Crippen LogP contribution in [0, 0.1) is 5.82 Å². The molecule has 2 amide bonds. The van der Waals surface area contributed by atoms with E-state index in [0.717, 1.165) is 36.8 Å². The number of hydrogen-bond acceptors (Lipinski definition) is 3. The molecule has 1 aromatic heterocycles. The maximum atomic E-state index is 13.7. The molecule has 0 spiro atoms. The third kappa shape index (κ3) is 4.01. The summed E-state index contributed by atoms with van der Waals surface area (Å²) < 4.78 is 14.9. The summed E-state index contributed by atoms with van der Waals surface area (Å²) in [5, 5.41) is 0. The first-order valence-corrected chi connectivity index (χ1v) is 11.0. The average Bonchev–Trinajstić information content (AvgIpc) is 3.22. The van der Waals surface area contributed by atoms with E-state index in [2.05, 4.69) is 6.92 Å². The molecule has 31 heavy (non-hydrogen) atoms. The van der Waals surface area contributed by atoms with Crippen LogP contribution in [0.15, 0.2) is 35.3 Å². The fourth-order valence-corrected chi connectivity index (χ4v) is 4.82. The lowest BCUT2D eigenvalue weighted by atomic mass is 9.95. The molecule has 3 heterocycles. The highest BCUT2D eigenvalue weighted by Crippen LogP contribution is 2.27. The van der Waals surface area contributed by atoms with E-state index >= 15 is 0 Å². The number of likely N-dealkylation sites (tertiary alicyclic amines) is 1. The van der Waals surface area contributed by atoms with Gasteiger partial charge < -0.3 is 9.80 Å². The van der Waals surface area contributed by atoms with Crippen molar-refractivity contribution in [3.8, 4) is 5.69 Å². The predicted molar refractivity (Wildman–Crippen MR) is 116 cm³/mol. The molecule has 1 unspecified atom stereocenters. The van der Waals surface area contributed by atoms with E-state index in [1.165, 1.54) is 35.8 Å². The highest BCUT2D eigenvalue weighted by atomic mass is 19.1. The van der Waals surface area contributed by atoms with Crippen LogP contribution in [0.2, 0.25) is 0 Å². The van der Waals surface area contributed by atoms with Gasteiger partial charge in [0.15, 0.2) is 0 Å². The van der Waals surface area contributed by atoms with Gasteiger partial charge >= 0.3 is 0 Å². The molecule has 2 aliphatic rings. The number of carbonyl (C=O) groups excluding carboxylic acids is 2. The van der Waals surface area contributed by atoms with Gasteiger partial charge in [0.1, 0.15) is 11.4 Å². The molecule has 1 fully saturated rings. The Kier molecular flexibility index (Phi) is 5.94. The Bertz CT molecular complexity index is 1060. The number of amides is 2. The number of nitrogens with zero attached hydrogens (tertiary/aromatic N) is 3. The van der Waals surface area contributed by atoms with Gasteiger partial charge in [-0.2, -0.15) is 0 Å². The van der Waals surface area contributed by atoms with E-state index in [4.69, 9.17) is 0 Å². The third-order valence-electron chi connectivity index (χ3n) is 6.42. The van der Waals surface area contributed by atoms with Crippen LogP contribution in [0.25, 0.3) is 5.69 Å². The fraction of sp³-hybridized carbons (Fsp3) is 0.458. The van der Waals surface area contributed by atoms with Crippen molar-refractivity contribution < 1.29 is 14.0 Å². The van der Waals surface area contributed by atoms with Gasteiger partial charge in [0.25, 0.3) is 11.5 Å². The lowest BCUT2D eigenvalue weighted by Gasteiger charge is -2.31. The van der Waals surface area contributed by atoms with Crippen LogP contribution in [0.5, 0.6) is 0 Å². The van der Waals surface area contributed by atoms with E-state index in [1.807, 2.05) is 4.90 Å². The Morgan fingerprint density at radius 3 is 2.58 bits per heavy atom. The monoisotopic (exact) mass is 425 g/mol. The minimum atomic E-state index is -0.395. The Balaban J connectivity index is 1.85. The summed E-state index contributed by atoms with van der Waals surface area (Å²) in [6.07, 6.45) is 5.97. The number of carbonyl (C=O) groups is 2. The van der Waals surface area contributed by atoms with Crippen LogP contribution < -0.4 is 5.56 Å². The van der Waals surface area contributed by atoms with Gasteiger partial charge in [-0.15, -0.1) is 0 Å². The van der Waals surface area contributed by atoms with Gasteiger partial charge in [-0.3, -0.25) is 19.0 Å². The molecular weight excluding hydrogens is 397 g/mol. The van der Waals surface area contributed by atoms with E-state index in [-0.39, 0.29) is 29.0 Å². The molecule has 1 atom stereocenters. The van der Waals surface area contributed by atoms with E-state index in [9.17, 15) is 18.8 Å². The van der Waals surface area contributed by atoms with E-state index < -0.39 is 5.82 Å². The summed E-state index contributed by atoms with van der Waals surface area (Å²) >= 11 is 0. The molecule has 1 aromatic carbocycles. The summed E-state index contributed by atoms with van der Waals surface area (Å²) in [5.41, 5.74) is 1.85. The Morgan fingerprint density at radius 1 is 1.16 bits per heavy atom. The third-order valence-corrected chi connectivity index (χ3v) is 6.42. The topological polar surface area (TPSA) is 62.6 Å². The quantitative estimate of drug-likeness (QED) is 0.755. The number of hydrogen-bond donors (Lipinski definition) is 0. The van der Waals surface area contributed by atoms with Crippen molar-refractivity contribution in [2.75, 3.05) is 13.1 Å². The summed E-state index contributed by atoms with van der Waals surface area (Å²) in [7, 11) is 0. The van der Waals surface area contributed by atoms with Gasteiger partial charge in [0, 0.05) is 44.5 Å². The zero-order chi connectivity index (χ0) is 22.1. The highest BCUT2D eigenvalue weighted by molar-refractivity contribution is 5.96. The number of rotatable bonds is 4. The van der Waals surface area contributed by atoms with Crippen LogP contribution in [0.1, 0.15) is 61.0 Å². The van der Waals surface area contributed by atoms with E-state index in [0.29, 0.717) is 31.7 Å². The van der Waals surface area contributed by atoms with Crippen molar-refractivity contribution in [2.24, 2.45) is 0 Å². The molecule has 0 N–H and O–H groups in total. The summed E-state index contributed by atoms with van der Waals surface area (Å²) in [6, 6.07) is 5.80. The number of benzene rings is 1. The minimum Gasteiger partial charge on any atom is -0.338 e. The van der Waals surface area contributed by atoms with Crippen LogP contribution >= 0.6 is 0 Å². The van der Waals surface area contributed by atoms with Gasteiger partial charge in [0.2, 0.25) is 5.91 Å². The van der Waals surface area contributed by atoms with Gasteiger partial charge in [-0.05, 0) is 61.1 Å². The molecule has 0 bridgehead atoms. The predicted octanol–water partition coefficient (Wildman–Crippen LogP) is 3.29. The van der Waals surface area contributed by atoms with Crippen molar-refractivity contribution in [1.29, 1.82) is 0 Å². The maximum absolute atomic E-state index is 13.7. The van der Waals surface area contributed by atoms with Crippen molar-refractivity contribution in [3.05, 3.63) is 63.3 Å². The summed E-state index contributed by atoms with van der Waals surface area (Å²) in [4.78, 5) is 42.7. The number of aromatic nitrogens is 1. The van der Waals surface area contributed by atoms with E-state index in [1.54, 1.807) is 11.1 Å². The second-order valence-electron chi connectivity index (χ2n) is 8.43. The van der Waals surface area contributed by atoms with Crippen molar-refractivity contribution in [1.82, 2.24) is 14.4 Å². The minimum absolute atomic E-state index is 0.0411. The fourth-order valence-electron chi connectivity index (χ4n) is 4.82. The van der Waals surface area contributed by atoms with Crippen LogP contribution in [0.3, 0.4) is 0 Å². The first kappa shape index (κ1) is 21.3. The van der Waals surface area contributed by atoms with Crippen LogP contribution in [-0.4, -0.2) is 45.3 Å². The molecule has 2 aliphatic heterocycles. The van der Waals surface area contributed by atoms with Crippen LogP contribution in [-0.2, 0) is 17.8 Å². The van der Waals surface area contributed by atoms with Gasteiger partial charge in [0.05, 0.1) is 0 Å². The summed E-state index contributed by atoms with van der Waals surface area (Å²) in [5.74, 6) is -0.654. The normalized spacial score (nSPS) is 18.2. The lowest BCUT2D eigenvalue weighted by Crippen LogP contribution is -2.43. The molecule has 0 saturated carbocycles. The zero-order valence-corrected chi connectivity index (χ0v) is 18.1. The van der Waals surface area contributed by atoms with Crippen molar-refractivity contribution in [2.45, 2.75) is 58.5 Å². The highest BCUT2D eigenvalue weighted by Gasteiger charge is 2.34. The molecule has 4 rings (SSSR count). The Labute approximate surface area is 181 Å². The molecule has 7 heteroatoms. The van der Waals surface area contributed by atoms with Gasteiger partial charge in [-0.1, -0.05) is 13.3 Å². The first-order valence-electron chi connectivity index (χ1n) is 11.0. The first-order chi connectivity index (χ1) is 14.9. The number of fused-ring (bicyclic) bond motifs is 1. The number of pyridine rings is 1. The van der Waals surface area contributed by atoms with Crippen LogP contribution in [0.4, 0.5) is 4.39 Å². The zero-order valence-electron chi connectivity index (χ0n) is 18.1. The standard InChI is InChI=1S/C24H28FN3O3/c1-3-5-19-6-4-12-27(19)23(30)22-21-11-13-26(16(2)29)14-17(21)15-28(24(22)31)20-9-7-18(25)8-10-20/h7-10,15,19H,3-6,11-14H2,1-2H3. The van der Waals surface area contributed by atoms with Gasteiger partial charge in [-0.25, -0.2) is 4.39 Å². The Morgan fingerprint density at radius 2 is 1.90 bits per heavy atom. The SMILES string of the molecule is CCCC1CCCN1C(=O)c1c2c(cn(-c3ccc(F)cc3)c1=O)CN(C(C)=O)CC2. The van der Waals surface area contributed by atoms with Crippen molar-refractivity contribution >= 4 is 11.8 Å². The molecule has 0 radical (unpaired) electrons. The molecule has 0 aliphatic carbocycles. The lowest BCUT2D eigenvalue weighted by molar-refractivity contribution is -0.129. The smallest absolute Gasteiger partial charge is 0.268 e. The molecule has 164 valence electrons. The molecule has 1 saturated heterocycles. The second-order valence-corrected chi connectivity index (χ2v) is 8.43. The average molecular weight is 426 g/mol. The molecule has 2 aromatic rings. The summed E-state index contributed by atoms with van der Waals surface area (Å²) in [6.45, 7) is 5.12. The second kappa shape index (κ2) is 8.65. The Hall–Kier alpha value is -2.96. The largest absolute Gasteiger partial charge is 0.338 e.